The summed E-state index contributed by atoms with van der Waals surface area (Å²) >= 11 is 6.05. The summed E-state index contributed by atoms with van der Waals surface area (Å²) < 4.78 is 0. The van der Waals surface area contributed by atoms with E-state index < -0.39 is 11.4 Å². The zero-order chi connectivity index (χ0) is 19.8. The number of amides is 1. The second kappa shape index (κ2) is 9.44. The Hall–Kier alpha value is -2.76. The molecule has 6 heteroatoms. The molecule has 0 fully saturated rings. The Kier molecular flexibility index (Phi) is 6.74. The number of nitrogens with zero attached hydrogens (tertiary/aromatic N) is 2. The van der Waals surface area contributed by atoms with E-state index in [0.717, 1.165) is 23.1 Å². The minimum Gasteiger partial charge on any atom is -0.368 e. The Balaban J connectivity index is 1.83. The van der Waals surface area contributed by atoms with E-state index in [-0.39, 0.29) is 0 Å². The minimum absolute atomic E-state index is 0.407. The van der Waals surface area contributed by atoms with Gasteiger partial charge in [0, 0.05) is 36.4 Å². The van der Waals surface area contributed by atoms with Crippen LogP contribution in [0.2, 0.25) is 5.02 Å². The Morgan fingerprint density at radius 2 is 1.71 bits per heavy atom. The van der Waals surface area contributed by atoms with E-state index in [4.69, 9.17) is 17.3 Å². The van der Waals surface area contributed by atoms with E-state index in [1.165, 1.54) is 0 Å². The molecule has 2 heterocycles. The van der Waals surface area contributed by atoms with Gasteiger partial charge in [0.2, 0.25) is 5.91 Å². The topological polar surface area (TPSA) is 80.9 Å². The van der Waals surface area contributed by atoms with E-state index in [0.29, 0.717) is 24.4 Å². The van der Waals surface area contributed by atoms with Gasteiger partial charge in [0.25, 0.3) is 0 Å². The highest BCUT2D eigenvalue weighted by atomic mass is 35.5. The SMILES string of the molecule is NC(=O)C(CCc1ccncc1)(NCCc1cccnc1)c1ccc(Cl)cc1. The fraction of sp³-hybridized carbons (Fsp3) is 0.227. The zero-order valence-electron chi connectivity index (χ0n) is 15.5. The molecule has 0 saturated heterocycles. The van der Waals surface area contributed by atoms with Crippen LogP contribution in [0.1, 0.15) is 23.1 Å². The van der Waals surface area contributed by atoms with Gasteiger partial charge >= 0.3 is 0 Å². The number of hydrogen-bond donors (Lipinski definition) is 2. The number of benzene rings is 1. The van der Waals surface area contributed by atoms with Crippen molar-refractivity contribution in [1.82, 2.24) is 15.3 Å². The summed E-state index contributed by atoms with van der Waals surface area (Å²) in [6.07, 6.45) is 9.03. The van der Waals surface area contributed by atoms with E-state index >= 15 is 0 Å². The minimum atomic E-state index is -0.990. The van der Waals surface area contributed by atoms with Crippen molar-refractivity contribution in [2.24, 2.45) is 5.73 Å². The van der Waals surface area contributed by atoms with Crippen LogP contribution >= 0.6 is 11.6 Å². The molecule has 0 bridgehead atoms. The molecule has 3 rings (SSSR count). The van der Waals surface area contributed by atoms with Crippen LogP contribution in [0.25, 0.3) is 0 Å². The molecule has 0 aliphatic heterocycles. The maximum atomic E-state index is 12.7. The highest BCUT2D eigenvalue weighted by Gasteiger charge is 2.37. The fourth-order valence-corrected chi connectivity index (χ4v) is 3.40. The first-order chi connectivity index (χ1) is 13.6. The van der Waals surface area contributed by atoms with Crippen LogP contribution in [-0.4, -0.2) is 22.4 Å². The summed E-state index contributed by atoms with van der Waals surface area (Å²) in [7, 11) is 0. The Labute approximate surface area is 170 Å². The predicted octanol–water partition coefficient (Wildman–Crippen LogP) is 3.28. The van der Waals surface area contributed by atoms with Crippen molar-refractivity contribution in [3.05, 3.63) is 95.0 Å². The number of rotatable bonds is 9. The predicted molar refractivity (Wildman–Crippen MR) is 111 cm³/mol. The van der Waals surface area contributed by atoms with Crippen molar-refractivity contribution in [2.75, 3.05) is 6.54 Å². The lowest BCUT2D eigenvalue weighted by atomic mass is 9.83. The third-order valence-electron chi connectivity index (χ3n) is 4.86. The molecule has 0 aliphatic carbocycles. The van der Waals surface area contributed by atoms with E-state index in [9.17, 15) is 4.79 Å². The van der Waals surface area contributed by atoms with Crippen molar-refractivity contribution < 1.29 is 4.79 Å². The van der Waals surface area contributed by atoms with Crippen LogP contribution in [0.15, 0.2) is 73.3 Å². The first-order valence-corrected chi connectivity index (χ1v) is 9.57. The Morgan fingerprint density at radius 1 is 0.964 bits per heavy atom. The number of nitrogens with two attached hydrogens (primary N) is 1. The number of carbonyl (C=O) groups excluding carboxylic acids is 1. The first-order valence-electron chi connectivity index (χ1n) is 9.19. The lowest BCUT2D eigenvalue weighted by Crippen LogP contribution is -2.53. The number of hydrogen-bond acceptors (Lipinski definition) is 4. The average molecular weight is 395 g/mol. The lowest BCUT2D eigenvalue weighted by molar-refractivity contribution is -0.125. The number of halogens is 1. The van der Waals surface area contributed by atoms with Gasteiger partial charge in [0.15, 0.2) is 0 Å². The Morgan fingerprint density at radius 3 is 2.36 bits per heavy atom. The number of aryl methyl sites for hydroxylation is 1. The second-order valence-electron chi connectivity index (χ2n) is 6.67. The third-order valence-corrected chi connectivity index (χ3v) is 5.11. The third kappa shape index (κ3) is 4.94. The Bertz CT molecular complexity index is 887. The molecule has 0 spiro atoms. The quantitative estimate of drug-likeness (QED) is 0.583. The molecule has 0 saturated carbocycles. The molecule has 3 N–H and O–H groups in total. The molecular formula is C22H23ClN4O. The molecule has 3 aromatic rings. The fourth-order valence-electron chi connectivity index (χ4n) is 3.27. The molecular weight excluding hydrogens is 372 g/mol. The molecule has 1 amide bonds. The van der Waals surface area contributed by atoms with E-state index in [2.05, 4.69) is 15.3 Å². The lowest BCUT2D eigenvalue weighted by Gasteiger charge is -2.33. The molecule has 1 atom stereocenters. The number of aromatic nitrogens is 2. The van der Waals surface area contributed by atoms with E-state index in [1.807, 2.05) is 42.6 Å². The summed E-state index contributed by atoms with van der Waals surface area (Å²) in [5.74, 6) is -0.407. The maximum absolute atomic E-state index is 12.7. The van der Waals surface area contributed by atoms with Crippen LogP contribution in [0.4, 0.5) is 0 Å². The molecule has 1 unspecified atom stereocenters. The van der Waals surface area contributed by atoms with Crippen molar-refractivity contribution in [1.29, 1.82) is 0 Å². The second-order valence-corrected chi connectivity index (χ2v) is 7.11. The largest absolute Gasteiger partial charge is 0.368 e. The summed E-state index contributed by atoms with van der Waals surface area (Å²) in [5.41, 5.74) is 7.94. The van der Waals surface area contributed by atoms with Crippen molar-refractivity contribution in [2.45, 2.75) is 24.8 Å². The number of carbonyl (C=O) groups is 1. The van der Waals surface area contributed by atoms with Crippen LogP contribution in [0.3, 0.4) is 0 Å². The molecule has 2 aromatic heterocycles. The highest BCUT2D eigenvalue weighted by Crippen LogP contribution is 2.28. The maximum Gasteiger partial charge on any atom is 0.242 e. The van der Waals surface area contributed by atoms with E-state index in [1.54, 1.807) is 30.7 Å². The molecule has 0 aliphatic rings. The number of primary amides is 1. The van der Waals surface area contributed by atoms with Crippen molar-refractivity contribution in [3.63, 3.8) is 0 Å². The summed E-state index contributed by atoms with van der Waals surface area (Å²) in [6.45, 7) is 0.591. The molecule has 28 heavy (non-hydrogen) atoms. The van der Waals surface area contributed by atoms with Gasteiger partial charge in [-0.05, 0) is 66.3 Å². The van der Waals surface area contributed by atoms with Crippen molar-refractivity contribution >= 4 is 17.5 Å². The van der Waals surface area contributed by atoms with Gasteiger partial charge in [-0.15, -0.1) is 0 Å². The summed E-state index contributed by atoms with van der Waals surface area (Å²) in [4.78, 5) is 20.9. The van der Waals surface area contributed by atoms with Gasteiger partial charge in [0.1, 0.15) is 5.54 Å². The first kappa shape index (κ1) is 20.0. The zero-order valence-corrected chi connectivity index (χ0v) is 16.3. The molecule has 0 radical (unpaired) electrons. The van der Waals surface area contributed by atoms with Gasteiger partial charge in [-0.25, -0.2) is 0 Å². The van der Waals surface area contributed by atoms with Crippen LogP contribution < -0.4 is 11.1 Å². The van der Waals surface area contributed by atoms with Crippen LogP contribution in [-0.2, 0) is 23.2 Å². The summed E-state index contributed by atoms with van der Waals surface area (Å²) in [5, 5.41) is 4.04. The van der Waals surface area contributed by atoms with Crippen LogP contribution in [0.5, 0.6) is 0 Å². The standard InChI is InChI=1S/C22H23ClN4O/c23-20-5-3-19(4-6-20)22(21(24)28,11-7-17-8-13-25-14-9-17)27-15-10-18-2-1-12-26-16-18/h1-6,8-9,12-14,16,27H,7,10-11,15H2,(H2,24,28). The summed E-state index contributed by atoms with van der Waals surface area (Å²) in [6, 6.07) is 15.1. The average Bonchev–Trinajstić information content (AvgIpc) is 2.72. The highest BCUT2D eigenvalue weighted by molar-refractivity contribution is 6.30. The van der Waals surface area contributed by atoms with Crippen molar-refractivity contribution in [3.8, 4) is 0 Å². The van der Waals surface area contributed by atoms with Gasteiger partial charge in [-0.2, -0.15) is 0 Å². The van der Waals surface area contributed by atoms with Gasteiger partial charge in [-0.1, -0.05) is 29.8 Å². The van der Waals surface area contributed by atoms with Gasteiger partial charge < -0.3 is 5.73 Å². The molecule has 144 valence electrons. The van der Waals surface area contributed by atoms with Gasteiger partial charge in [-0.3, -0.25) is 20.1 Å². The number of nitrogens with one attached hydrogen (secondary N) is 1. The molecule has 1 aromatic carbocycles. The van der Waals surface area contributed by atoms with Gasteiger partial charge in [0.05, 0.1) is 0 Å². The number of pyridine rings is 2. The molecule has 5 nitrogen and oxygen atoms in total. The smallest absolute Gasteiger partial charge is 0.242 e. The monoisotopic (exact) mass is 394 g/mol. The van der Waals surface area contributed by atoms with Crippen LogP contribution in [0, 0.1) is 0 Å². The normalized spacial score (nSPS) is 13.0.